The normalized spacial score (nSPS) is 12.9. The largest absolute Gasteiger partial charge is 0.305 e. The van der Waals surface area contributed by atoms with E-state index in [0.717, 1.165) is 5.57 Å². The van der Waals surface area contributed by atoms with Crippen LogP contribution in [0.15, 0.2) is 23.8 Å². The molecule has 0 aliphatic carbocycles. The maximum Gasteiger partial charge on any atom is 0.0349 e. The van der Waals surface area contributed by atoms with Crippen LogP contribution in [0, 0.1) is 10.8 Å². The van der Waals surface area contributed by atoms with Crippen LogP contribution in [0.1, 0.15) is 34.6 Å². The molecule has 1 N–H and O–H groups in total. The third-order valence-electron chi connectivity index (χ3n) is 2.06. The van der Waals surface area contributed by atoms with Crippen molar-refractivity contribution in [2.75, 3.05) is 0 Å². The summed E-state index contributed by atoms with van der Waals surface area (Å²) in [6.07, 6.45) is 1.99. The molecule has 0 rings (SSSR count). The van der Waals surface area contributed by atoms with Gasteiger partial charge in [0, 0.05) is 5.71 Å². The van der Waals surface area contributed by atoms with Gasteiger partial charge in [-0.3, -0.25) is 0 Å². The second kappa shape index (κ2) is 3.70. The van der Waals surface area contributed by atoms with Crippen molar-refractivity contribution in [1.82, 2.24) is 0 Å². The average molecular weight is 165 g/mol. The Kier molecular flexibility index (Phi) is 3.44. The van der Waals surface area contributed by atoms with Gasteiger partial charge in [-0.25, -0.2) is 0 Å². The van der Waals surface area contributed by atoms with Crippen LogP contribution in [0.5, 0.6) is 0 Å². The summed E-state index contributed by atoms with van der Waals surface area (Å²) in [5.74, 6) is 0. The van der Waals surface area contributed by atoms with Crippen LogP contribution in [0.2, 0.25) is 0 Å². The van der Waals surface area contributed by atoms with E-state index < -0.39 is 0 Å². The van der Waals surface area contributed by atoms with E-state index in [9.17, 15) is 0 Å². The standard InChI is InChI=1S/C11H19N/c1-8(10(3)12)7-9(2)11(4,5)6/h7,12H,1H2,2-6H3/b9-7+,12-10?. The summed E-state index contributed by atoms with van der Waals surface area (Å²) >= 11 is 0. The Morgan fingerprint density at radius 1 is 1.25 bits per heavy atom. The van der Waals surface area contributed by atoms with Crippen molar-refractivity contribution in [2.24, 2.45) is 5.41 Å². The van der Waals surface area contributed by atoms with E-state index in [2.05, 4.69) is 34.3 Å². The van der Waals surface area contributed by atoms with E-state index >= 15 is 0 Å². The molecule has 0 fully saturated rings. The zero-order valence-corrected chi connectivity index (χ0v) is 8.78. The van der Waals surface area contributed by atoms with Gasteiger partial charge in [-0.05, 0) is 24.8 Å². The first-order chi connectivity index (χ1) is 5.25. The highest BCUT2D eigenvalue weighted by Gasteiger charge is 2.12. The van der Waals surface area contributed by atoms with Gasteiger partial charge in [0.15, 0.2) is 0 Å². The minimum atomic E-state index is 0.179. The molecule has 0 saturated heterocycles. The fourth-order valence-corrected chi connectivity index (χ4v) is 0.586. The van der Waals surface area contributed by atoms with E-state index in [0.29, 0.717) is 5.71 Å². The van der Waals surface area contributed by atoms with Crippen molar-refractivity contribution in [2.45, 2.75) is 34.6 Å². The minimum Gasteiger partial charge on any atom is -0.305 e. The highest BCUT2D eigenvalue weighted by Crippen LogP contribution is 2.25. The van der Waals surface area contributed by atoms with Crippen LogP contribution in [-0.2, 0) is 0 Å². The van der Waals surface area contributed by atoms with Crippen LogP contribution in [0.25, 0.3) is 0 Å². The lowest BCUT2D eigenvalue weighted by Gasteiger charge is -2.19. The number of hydrogen-bond acceptors (Lipinski definition) is 1. The van der Waals surface area contributed by atoms with Crippen LogP contribution in [0.4, 0.5) is 0 Å². The summed E-state index contributed by atoms with van der Waals surface area (Å²) in [6, 6.07) is 0. The third kappa shape index (κ3) is 3.51. The maximum absolute atomic E-state index is 7.35. The molecule has 0 heterocycles. The van der Waals surface area contributed by atoms with Gasteiger partial charge in [-0.1, -0.05) is 39.0 Å². The van der Waals surface area contributed by atoms with E-state index in [1.54, 1.807) is 6.92 Å². The molecular formula is C11H19N. The fourth-order valence-electron chi connectivity index (χ4n) is 0.586. The summed E-state index contributed by atoms with van der Waals surface area (Å²) in [5, 5.41) is 7.35. The van der Waals surface area contributed by atoms with Crippen molar-refractivity contribution in [3.63, 3.8) is 0 Å². The Balaban J connectivity index is 4.59. The van der Waals surface area contributed by atoms with Crippen LogP contribution in [-0.4, -0.2) is 5.71 Å². The Morgan fingerprint density at radius 2 is 1.67 bits per heavy atom. The number of nitrogens with one attached hydrogen (secondary N) is 1. The Hall–Kier alpha value is -0.850. The number of hydrogen-bond donors (Lipinski definition) is 1. The van der Waals surface area contributed by atoms with Gasteiger partial charge in [0.2, 0.25) is 0 Å². The smallest absolute Gasteiger partial charge is 0.0349 e. The molecule has 1 heteroatoms. The monoisotopic (exact) mass is 165 g/mol. The fraction of sp³-hybridized carbons (Fsp3) is 0.545. The lowest BCUT2D eigenvalue weighted by molar-refractivity contribution is 0.504. The first-order valence-electron chi connectivity index (χ1n) is 4.18. The molecule has 0 bridgehead atoms. The predicted molar refractivity (Wildman–Crippen MR) is 55.8 cm³/mol. The zero-order valence-electron chi connectivity index (χ0n) is 8.78. The summed E-state index contributed by atoms with van der Waals surface area (Å²) in [6.45, 7) is 14.1. The summed E-state index contributed by atoms with van der Waals surface area (Å²) in [5.41, 5.74) is 2.79. The van der Waals surface area contributed by atoms with E-state index in [-0.39, 0.29) is 5.41 Å². The van der Waals surface area contributed by atoms with Crippen molar-refractivity contribution in [1.29, 1.82) is 5.41 Å². The zero-order chi connectivity index (χ0) is 9.94. The first kappa shape index (κ1) is 11.2. The van der Waals surface area contributed by atoms with Gasteiger partial charge in [0.05, 0.1) is 0 Å². The Labute approximate surface area is 75.7 Å². The molecule has 0 spiro atoms. The summed E-state index contributed by atoms with van der Waals surface area (Å²) in [4.78, 5) is 0. The SMILES string of the molecule is C=C(/C=C(\C)C(C)(C)C)C(C)=N. The third-order valence-corrected chi connectivity index (χ3v) is 2.06. The number of allylic oxidation sites excluding steroid dienone is 3. The summed E-state index contributed by atoms with van der Waals surface area (Å²) < 4.78 is 0. The van der Waals surface area contributed by atoms with E-state index in [1.165, 1.54) is 5.57 Å². The van der Waals surface area contributed by atoms with E-state index in [1.807, 2.05) is 6.08 Å². The molecule has 0 aromatic carbocycles. The first-order valence-corrected chi connectivity index (χ1v) is 4.18. The van der Waals surface area contributed by atoms with Crippen LogP contribution in [0.3, 0.4) is 0 Å². The lowest BCUT2D eigenvalue weighted by atomic mass is 9.86. The Bertz CT molecular complexity index is 226. The highest BCUT2D eigenvalue weighted by molar-refractivity contribution is 5.97. The van der Waals surface area contributed by atoms with Gasteiger partial charge in [-0.2, -0.15) is 0 Å². The molecule has 0 unspecified atom stereocenters. The molecular weight excluding hydrogens is 146 g/mol. The van der Waals surface area contributed by atoms with Gasteiger partial charge >= 0.3 is 0 Å². The van der Waals surface area contributed by atoms with Crippen LogP contribution < -0.4 is 0 Å². The van der Waals surface area contributed by atoms with Crippen molar-refractivity contribution < 1.29 is 0 Å². The molecule has 0 radical (unpaired) electrons. The Morgan fingerprint density at radius 3 is 1.92 bits per heavy atom. The molecule has 0 saturated carbocycles. The van der Waals surface area contributed by atoms with Gasteiger partial charge in [0.1, 0.15) is 0 Å². The van der Waals surface area contributed by atoms with Crippen molar-refractivity contribution in [3.8, 4) is 0 Å². The average Bonchev–Trinajstić information content (AvgIpc) is 1.85. The van der Waals surface area contributed by atoms with Gasteiger partial charge in [-0.15, -0.1) is 0 Å². The maximum atomic E-state index is 7.35. The molecule has 0 aliphatic heterocycles. The van der Waals surface area contributed by atoms with Gasteiger partial charge < -0.3 is 5.41 Å². The molecule has 0 amide bonds. The molecule has 68 valence electrons. The van der Waals surface area contributed by atoms with Crippen molar-refractivity contribution >= 4 is 5.71 Å². The quantitative estimate of drug-likeness (QED) is 0.478. The molecule has 1 nitrogen and oxygen atoms in total. The second-order valence-corrected chi connectivity index (χ2v) is 4.23. The highest BCUT2D eigenvalue weighted by atomic mass is 14.4. The van der Waals surface area contributed by atoms with Crippen LogP contribution >= 0.6 is 0 Å². The molecule has 0 aliphatic rings. The van der Waals surface area contributed by atoms with Gasteiger partial charge in [0.25, 0.3) is 0 Å². The van der Waals surface area contributed by atoms with Crippen molar-refractivity contribution in [3.05, 3.63) is 23.8 Å². The molecule has 12 heavy (non-hydrogen) atoms. The predicted octanol–water partition coefficient (Wildman–Crippen LogP) is 3.57. The molecule has 0 aromatic heterocycles. The lowest BCUT2D eigenvalue weighted by Crippen LogP contribution is -2.07. The molecule has 0 aromatic rings. The van der Waals surface area contributed by atoms with E-state index in [4.69, 9.17) is 5.41 Å². The number of rotatable bonds is 2. The topological polar surface area (TPSA) is 23.9 Å². The second-order valence-electron chi connectivity index (χ2n) is 4.23. The minimum absolute atomic E-state index is 0.179. The summed E-state index contributed by atoms with van der Waals surface area (Å²) in [7, 11) is 0. The molecule has 0 atom stereocenters.